The van der Waals surface area contributed by atoms with E-state index in [1.807, 2.05) is 12.3 Å². The number of aryl methyl sites for hydroxylation is 1. The minimum atomic E-state index is -0.200. The number of hydrogen-bond donors (Lipinski definition) is 1. The van der Waals surface area contributed by atoms with E-state index in [2.05, 4.69) is 5.32 Å². The van der Waals surface area contributed by atoms with Gasteiger partial charge in [-0.2, -0.15) is 0 Å². The second-order valence-electron chi connectivity index (χ2n) is 6.35. The summed E-state index contributed by atoms with van der Waals surface area (Å²) in [6.45, 7) is 2.45. The van der Waals surface area contributed by atoms with Gasteiger partial charge in [0.15, 0.2) is 0 Å². The molecule has 26 heavy (non-hydrogen) atoms. The fraction of sp³-hybridized carbons (Fsp3) is 0.400. The number of nitrogens with one attached hydrogen (secondary N) is 1. The van der Waals surface area contributed by atoms with E-state index in [4.69, 9.17) is 4.74 Å². The molecule has 1 aromatic carbocycles. The lowest BCUT2D eigenvalue weighted by atomic mass is 9.95. The van der Waals surface area contributed by atoms with Crippen LogP contribution >= 0.6 is 11.3 Å². The number of fused-ring (bicyclic) bond motifs is 1. The summed E-state index contributed by atoms with van der Waals surface area (Å²) in [7, 11) is 1.60. The van der Waals surface area contributed by atoms with Crippen LogP contribution in [0.5, 0.6) is 5.75 Å². The summed E-state index contributed by atoms with van der Waals surface area (Å²) >= 11 is 1.67. The van der Waals surface area contributed by atoms with Crippen LogP contribution in [0.2, 0.25) is 0 Å². The fourth-order valence-corrected chi connectivity index (χ4v) is 4.34. The molecule has 0 unspecified atom stereocenters. The van der Waals surface area contributed by atoms with Gasteiger partial charge >= 0.3 is 0 Å². The number of methoxy groups -OCH3 is 1. The number of rotatable bonds is 6. The summed E-state index contributed by atoms with van der Waals surface area (Å²) in [6, 6.07) is 7.14. The standard InChI is InChI=1S/C20H24N2O3S/c1-3-22(12-19(23)21-14-8-10-15(25-2)11-9-14)20(24)17-13-26-18-7-5-4-6-16(17)18/h8-11,13H,3-7,12H2,1-2H3,(H,21,23). The first-order valence-corrected chi connectivity index (χ1v) is 9.82. The van der Waals surface area contributed by atoms with Crippen LogP contribution in [-0.2, 0) is 17.6 Å². The van der Waals surface area contributed by atoms with E-state index >= 15 is 0 Å². The Hall–Kier alpha value is -2.34. The van der Waals surface area contributed by atoms with Gasteiger partial charge in [-0.3, -0.25) is 9.59 Å². The Balaban J connectivity index is 1.65. The monoisotopic (exact) mass is 372 g/mol. The molecule has 0 bridgehead atoms. The van der Waals surface area contributed by atoms with Gasteiger partial charge in [0.1, 0.15) is 12.3 Å². The predicted molar refractivity (Wildman–Crippen MR) is 104 cm³/mol. The van der Waals surface area contributed by atoms with E-state index in [9.17, 15) is 9.59 Å². The van der Waals surface area contributed by atoms with Gasteiger partial charge < -0.3 is 15.0 Å². The summed E-state index contributed by atoms with van der Waals surface area (Å²) in [4.78, 5) is 28.2. The Morgan fingerprint density at radius 3 is 2.62 bits per heavy atom. The van der Waals surface area contributed by atoms with Crippen molar-refractivity contribution in [2.75, 3.05) is 25.5 Å². The number of carbonyl (C=O) groups excluding carboxylic acids is 2. The predicted octanol–water partition coefficient (Wildman–Crippen LogP) is 3.74. The van der Waals surface area contributed by atoms with Crippen molar-refractivity contribution in [2.24, 2.45) is 0 Å². The number of ether oxygens (including phenoxy) is 1. The molecule has 0 saturated heterocycles. The lowest BCUT2D eigenvalue weighted by molar-refractivity contribution is -0.116. The molecule has 0 fully saturated rings. The summed E-state index contributed by atoms with van der Waals surface area (Å²) in [5, 5.41) is 4.80. The Morgan fingerprint density at radius 1 is 1.19 bits per heavy atom. The van der Waals surface area contributed by atoms with E-state index < -0.39 is 0 Å². The van der Waals surface area contributed by atoms with E-state index in [1.54, 1.807) is 47.6 Å². The molecule has 0 aliphatic heterocycles. The second-order valence-corrected chi connectivity index (χ2v) is 7.32. The van der Waals surface area contributed by atoms with E-state index in [1.165, 1.54) is 16.9 Å². The van der Waals surface area contributed by atoms with Gasteiger partial charge in [-0.05, 0) is 62.4 Å². The number of likely N-dealkylation sites (N-methyl/N-ethyl adjacent to an activating group) is 1. The molecule has 0 spiro atoms. The van der Waals surface area contributed by atoms with Gasteiger partial charge in [-0.25, -0.2) is 0 Å². The van der Waals surface area contributed by atoms with Crippen LogP contribution in [0, 0.1) is 0 Å². The summed E-state index contributed by atoms with van der Waals surface area (Å²) < 4.78 is 5.11. The van der Waals surface area contributed by atoms with Gasteiger partial charge in [0.25, 0.3) is 5.91 Å². The molecular formula is C20H24N2O3S. The normalized spacial score (nSPS) is 13.0. The molecule has 5 nitrogen and oxygen atoms in total. The molecule has 3 rings (SSSR count). The molecule has 0 radical (unpaired) electrons. The molecule has 1 N–H and O–H groups in total. The van der Waals surface area contributed by atoms with Crippen LogP contribution in [-0.4, -0.2) is 36.9 Å². The number of thiophene rings is 1. The van der Waals surface area contributed by atoms with Crippen molar-refractivity contribution in [3.63, 3.8) is 0 Å². The highest BCUT2D eigenvalue weighted by molar-refractivity contribution is 7.10. The highest BCUT2D eigenvalue weighted by Crippen LogP contribution is 2.31. The lowest BCUT2D eigenvalue weighted by Crippen LogP contribution is -2.38. The van der Waals surface area contributed by atoms with Crippen LogP contribution in [0.15, 0.2) is 29.6 Å². The molecular weight excluding hydrogens is 348 g/mol. The van der Waals surface area contributed by atoms with Crippen LogP contribution in [0.25, 0.3) is 0 Å². The molecule has 2 aromatic rings. The fourth-order valence-electron chi connectivity index (χ4n) is 3.22. The van der Waals surface area contributed by atoms with E-state index in [-0.39, 0.29) is 18.4 Å². The Bertz CT molecular complexity index is 783. The molecule has 0 saturated carbocycles. The van der Waals surface area contributed by atoms with Crippen molar-refractivity contribution in [1.29, 1.82) is 0 Å². The van der Waals surface area contributed by atoms with E-state index in [0.717, 1.165) is 30.6 Å². The second kappa shape index (κ2) is 8.36. The SMILES string of the molecule is CCN(CC(=O)Nc1ccc(OC)cc1)C(=O)c1csc2c1CCCC2. The third-order valence-corrected chi connectivity index (χ3v) is 5.76. The molecule has 1 heterocycles. The minimum Gasteiger partial charge on any atom is -0.497 e. The van der Waals surface area contributed by atoms with Crippen molar-refractivity contribution in [1.82, 2.24) is 4.90 Å². The molecule has 2 amide bonds. The smallest absolute Gasteiger partial charge is 0.255 e. The average Bonchev–Trinajstić information content (AvgIpc) is 3.10. The van der Waals surface area contributed by atoms with Crippen molar-refractivity contribution in [2.45, 2.75) is 32.6 Å². The lowest BCUT2D eigenvalue weighted by Gasteiger charge is -2.21. The summed E-state index contributed by atoms with van der Waals surface area (Å²) in [5.41, 5.74) is 2.66. The quantitative estimate of drug-likeness (QED) is 0.840. The topological polar surface area (TPSA) is 58.6 Å². The highest BCUT2D eigenvalue weighted by Gasteiger charge is 2.24. The average molecular weight is 372 g/mol. The van der Waals surface area contributed by atoms with Gasteiger partial charge in [-0.1, -0.05) is 0 Å². The maximum atomic E-state index is 12.9. The zero-order chi connectivity index (χ0) is 18.5. The van der Waals surface area contributed by atoms with Crippen LogP contribution in [0.1, 0.15) is 40.6 Å². The minimum absolute atomic E-state index is 0.0446. The molecule has 1 aromatic heterocycles. The number of benzene rings is 1. The summed E-state index contributed by atoms with van der Waals surface area (Å²) in [5.74, 6) is 0.488. The third kappa shape index (κ3) is 4.07. The maximum Gasteiger partial charge on any atom is 0.255 e. The Morgan fingerprint density at radius 2 is 1.92 bits per heavy atom. The Labute approximate surface area is 158 Å². The maximum absolute atomic E-state index is 12.9. The van der Waals surface area contributed by atoms with Gasteiger partial charge in [0, 0.05) is 22.5 Å². The van der Waals surface area contributed by atoms with Gasteiger partial charge in [0.05, 0.1) is 12.7 Å². The van der Waals surface area contributed by atoms with Crippen molar-refractivity contribution < 1.29 is 14.3 Å². The first kappa shape index (κ1) is 18.5. The van der Waals surface area contributed by atoms with Gasteiger partial charge in [-0.15, -0.1) is 11.3 Å². The Kier molecular flexibility index (Phi) is 5.93. The van der Waals surface area contributed by atoms with Crippen molar-refractivity contribution >= 4 is 28.8 Å². The van der Waals surface area contributed by atoms with Crippen molar-refractivity contribution in [3.8, 4) is 5.75 Å². The molecule has 1 aliphatic carbocycles. The summed E-state index contributed by atoms with van der Waals surface area (Å²) in [6.07, 6.45) is 4.36. The zero-order valence-corrected chi connectivity index (χ0v) is 16.0. The largest absolute Gasteiger partial charge is 0.497 e. The van der Waals surface area contributed by atoms with Crippen LogP contribution in [0.3, 0.4) is 0 Å². The number of hydrogen-bond acceptors (Lipinski definition) is 4. The van der Waals surface area contributed by atoms with Crippen LogP contribution in [0.4, 0.5) is 5.69 Å². The van der Waals surface area contributed by atoms with E-state index in [0.29, 0.717) is 12.2 Å². The first-order chi connectivity index (χ1) is 12.6. The number of nitrogens with zero attached hydrogens (tertiary/aromatic N) is 1. The van der Waals surface area contributed by atoms with Gasteiger partial charge in [0.2, 0.25) is 5.91 Å². The number of anilines is 1. The highest BCUT2D eigenvalue weighted by atomic mass is 32.1. The first-order valence-electron chi connectivity index (χ1n) is 8.94. The third-order valence-electron chi connectivity index (χ3n) is 4.67. The molecule has 1 aliphatic rings. The number of carbonyl (C=O) groups is 2. The van der Waals surface area contributed by atoms with Crippen molar-refractivity contribution in [3.05, 3.63) is 45.6 Å². The molecule has 6 heteroatoms. The molecule has 0 atom stereocenters. The zero-order valence-electron chi connectivity index (χ0n) is 15.2. The molecule has 138 valence electrons. The number of amides is 2. The van der Waals surface area contributed by atoms with Crippen LogP contribution < -0.4 is 10.1 Å².